The number of anilines is 1. The second-order valence-corrected chi connectivity index (χ2v) is 10.3. The van der Waals surface area contributed by atoms with Crippen molar-refractivity contribution in [2.75, 3.05) is 49.3 Å². The molecule has 1 amide bonds. The van der Waals surface area contributed by atoms with Gasteiger partial charge in [0.05, 0.1) is 24.7 Å². The molecule has 34 heavy (non-hydrogen) atoms. The molecular formula is C24H26FN5O2S2. The summed E-state index contributed by atoms with van der Waals surface area (Å²) in [4.78, 5) is 17.2. The lowest BCUT2D eigenvalue weighted by Crippen LogP contribution is -2.38. The fourth-order valence-corrected chi connectivity index (χ4v) is 6.34. The SMILES string of the molecule is Cc1ccccc1-n1c(SCC(=O)N2CCS[C@H]2c2ccccc2F)nnc1N1CCOCC1. The topological polar surface area (TPSA) is 63.5 Å². The largest absolute Gasteiger partial charge is 0.378 e. The zero-order valence-corrected chi connectivity index (χ0v) is 20.5. The van der Waals surface area contributed by atoms with Crippen LogP contribution in [0.4, 0.5) is 10.3 Å². The predicted molar refractivity (Wildman–Crippen MR) is 133 cm³/mol. The van der Waals surface area contributed by atoms with Gasteiger partial charge < -0.3 is 14.5 Å². The number of amides is 1. The van der Waals surface area contributed by atoms with Gasteiger partial charge in [-0.1, -0.05) is 48.2 Å². The van der Waals surface area contributed by atoms with Gasteiger partial charge in [0, 0.05) is 31.0 Å². The number of rotatable bonds is 6. The first-order valence-corrected chi connectivity index (χ1v) is 13.3. The van der Waals surface area contributed by atoms with Gasteiger partial charge in [-0.25, -0.2) is 4.39 Å². The molecule has 7 nitrogen and oxygen atoms in total. The number of morpholine rings is 1. The maximum atomic E-state index is 14.4. The fourth-order valence-electron chi connectivity index (χ4n) is 4.22. The lowest BCUT2D eigenvalue weighted by molar-refractivity contribution is -0.128. The summed E-state index contributed by atoms with van der Waals surface area (Å²) >= 11 is 2.97. The highest BCUT2D eigenvalue weighted by atomic mass is 32.2. The first-order chi connectivity index (χ1) is 16.6. The third kappa shape index (κ3) is 4.67. The van der Waals surface area contributed by atoms with E-state index in [0.717, 1.165) is 36.0 Å². The summed E-state index contributed by atoms with van der Waals surface area (Å²) in [6.45, 7) is 5.42. The van der Waals surface area contributed by atoms with Crippen LogP contribution >= 0.6 is 23.5 Å². The van der Waals surface area contributed by atoms with Gasteiger partial charge in [0.1, 0.15) is 11.2 Å². The molecule has 178 valence electrons. The van der Waals surface area contributed by atoms with Gasteiger partial charge in [-0.2, -0.15) is 0 Å². The lowest BCUT2D eigenvalue weighted by Gasteiger charge is -2.28. The number of carbonyl (C=O) groups is 1. The van der Waals surface area contributed by atoms with Crippen LogP contribution in [-0.2, 0) is 9.53 Å². The van der Waals surface area contributed by atoms with E-state index in [-0.39, 0.29) is 22.9 Å². The summed E-state index contributed by atoms with van der Waals surface area (Å²) in [5.41, 5.74) is 2.64. The van der Waals surface area contributed by atoms with E-state index >= 15 is 0 Å². The number of para-hydroxylation sites is 1. The van der Waals surface area contributed by atoms with Crippen LogP contribution in [0.1, 0.15) is 16.5 Å². The smallest absolute Gasteiger partial charge is 0.234 e. The van der Waals surface area contributed by atoms with Gasteiger partial charge in [0.25, 0.3) is 0 Å². The number of carbonyl (C=O) groups excluding carboxylic acids is 1. The van der Waals surface area contributed by atoms with Crippen molar-refractivity contribution in [3.63, 3.8) is 0 Å². The molecule has 2 aliphatic heterocycles. The van der Waals surface area contributed by atoms with E-state index in [1.165, 1.54) is 17.8 Å². The van der Waals surface area contributed by atoms with Gasteiger partial charge in [0.2, 0.25) is 11.9 Å². The fraction of sp³-hybridized carbons (Fsp3) is 0.375. The lowest BCUT2D eigenvalue weighted by atomic mass is 10.2. The maximum absolute atomic E-state index is 14.4. The maximum Gasteiger partial charge on any atom is 0.234 e. The molecule has 0 N–H and O–H groups in total. The number of ether oxygens (including phenoxy) is 1. The molecular weight excluding hydrogens is 473 g/mol. The van der Waals surface area contributed by atoms with E-state index in [9.17, 15) is 9.18 Å². The van der Waals surface area contributed by atoms with Crippen LogP contribution in [0.15, 0.2) is 53.7 Å². The number of thioether (sulfide) groups is 2. The van der Waals surface area contributed by atoms with Gasteiger partial charge in [-0.3, -0.25) is 9.36 Å². The van der Waals surface area contributed by atoms with Crippen molar-refractivity contribution >= 4 is 35.4 Å². The Hall–Kier alpha value is -2.56. The van der Waals surface area contributed by atoms with Crippen molar-refractivity contribution in [2.24, 2.45) is 0 Å². The second-order valence-electron chi connectivity index (χ2n) is 8.12. The summed E-state index contributed by atoms with van der Waals surface area (Å²) in [5, 5.41) is 9.31. The molecule has 0 spiro atoms. The minimum absolute atomic E-state index is 0.0319. The number of aryl methyl sites for hydroxylation is 1. The number of nitrogens with zero attached hydrogens (tertiary/aromatic N) is 5. The molecule has 2 fully saturated rings. The Morgan fingerprint density at radius 2 is 1.88 bits per heavy atom. The van der Waals surface area contributed by atoms with Crippen LogP contribution in [0.5, 0.6) is 0 Å². The van der Waals surface area contributed by atoms with Crippen LogP contribution in [0.25, 0.3) is 5.69 Å². The summed E-state index contributed by atoms with van der Waals surface area (Å²) in [5.74, 6) is 1.44. The first-order valence-electron chi connectivity index (χ1n) is 11.3. The number of hydrogen-bond acceptors (Lipinski definition) is 7. The van der Waals surface area contributed by atoms with E-state index in [4.69, 9.17) is 4.74 Å². The Kier molecular flexibility index (Phi) is 7.07. The Labute approximate surface area is 206 Å². The second kappa shape index (κ2) is 10.4. The molecule has 5 rings (SSSR count). The molecule has 1 atom stereocenters. The van der Waals surface area contributed by atoms with Gasteiger partial charge in [0.15, 0.2) is 5.16 Å². The molecule has 2 saturated heterocycles. The van der Waals surface area contributed by atoms with Crippen molar-refractivity contribution in [3.8, 4) is 5.69 Å². The zero-order valence-electron chi connectivity index (χ0n) is 18.9. The predicted octanol–water partition coefficient (Wildman–Crippen LogP) is 3.92. The normalized spacial score (nSPS) is 18.5. The average molecular weight is 500 g/mol. The first kappa shape index (κ1) is 23.2. The van der Waals surface area contributed by atoms with E-state index in [0.29, 0.717) is 30.5 Å². The molecule has 0 bridgehead atoms. The average Bonchev–Trinajstić information content (AvgIpc) is 3.51. The standard InChI is InChI=1S/C24H26FN5O2S2/c1-17-6-2-5-9-20(17)30-23(28-10-13-32-14-11-28)26-27-24(30)34-16-21(31)29-12-15-33-22(29)18-7-3-4-8-19(18)25/h2-9,22H,10-16H2,1H3/t22-/m0/s1. The molecule has 10 heteroatoms. The molecule has 2 aliphatic rings. The van der Waals surface area contributed by atoms with E-state index in [2.05, 4.69) is 28.1 Å². The minimum atomic E-state index is -0.299. The van der Waals surface area contributed by atoms with E-state index < -0.39 is 0 Å². The van der Waals surface area contributed by atoms with Crippen LogP contribution in [0.3, 0.4) is 0 Å². The Morgan fingerprint density at radius 3 is 2.68 bits per heavy atom. The number of halogens is 1. The van der Waals surface area contributed by atoms with Gasteiger partial charge in [-0.05, 0) is 24.6 Å². The Morgan fingerprint density at radius 1 is 1.12 bits per heavy atom. The molecule has 3 heterocycles. The van der Waals surface area contributed by atoms with Crippen molar-refractivity contribution in [1.29, 1.82) is 0 Å². The van der Waals surface area contributed by atoms with Crippen molar-refractivity contribution < 1.29 is 13.9 Å². The Bertz CT molecular complexity index is 1170. The van der Waals surface area contributed by atoms with E-state index in [1.54, 1.807) is 28.8 Å². The molecule has 0 unspecified atom stereocenters. The van der Waals surface area contributed by atoms with Gasteiger partial charge in [-0.15, -0.1) is 22.0 Å². The number of aromatic nitrogens is 3. The highest BCUT2D eigenvalue weighted by molar-refractivity contribution is 8.00. The third-order valence-electron chi connectivity index (χ3n) is 5.97. The van der Waals surface area contributed by atoms with Crippen LogP contribution in [0.2, 0.25) is 0 Å². The molecule has 2 aromatic carbocycles. The van der Waals surface area contributed by atoms with Crippen molar-refractivity contribution in [2.45, 2.75) is 17.5 Å². The molecule has 3 aromatic rings. The summed E-state index contributed by atoms with van der Waals surface area (Å²) in [7, 11) is 0. The van der Waals surface area contributed by atoms with Crippen molar-refractivity contribution in [1.82, 2.24) is 19.7 Å². The van der Waals surface area contributed by atoms with Crippen molar-refractivity contribution in [3.05, 3.63) is 65.5 Å². The highest BCUT2D eigenvalue weighted by Crippen LogP contribution is 2.39. The van der Waals surface area contributed by atoms with Crippen LogP contribution in [0, 0.1) is 12.7 Å². The monoisotopic (exact) mass is 499 g/mol. The zero-order chi connectivity index (χ0) is 23.5. The van der Waals surface area contributed by atoms with Crippen LogP contribution in [-0.4, -0.2) is 69.9 Å². The molecule has 0 saturated carbocycles. The highest BCUT2D eigenvalue weighted by Gasteiger charge is 2.32. The summed E-state index contributed by atoms with van der Waals surface area (Å²) in [6.07, 6.45) is 0. The quantitative estimate of drug-likeness (QED) is 0.477. The summed E-state index contributed by atoms with van der Waals surface area (Å²) in [6, 6.07) is 14.8. The summed E-state index contributed by atoms with van der Waals surface area (Å²) < 4.78 is 21.9. The third-order valence-corrected chi connectivity index (χ3v) is 8.13. The number of hydrogen-bond donors (Lipinski definition) is 0. The number of benzene rings is 2. The Balaban J connectivity index is 1.38. The van der Waals surface area contributed by atoms with Crippen LogP contribution < -0.4 is 4.90 Å². The minimum Gasteiger partial charge on any atom is -0.378 e. The molecule has 0 aliphatic carbocycles. The molecule has 0 radical (unpaired) electrons. The van der Waals surface area contributed by atoms with E-state index in [1.807, 2.05) is 28.8 Å². The van der Waals surface area contributed by atoms with Gasteiger partial charge >= 0.3 is 0 Å². The molecule has 1 aromatic heterocycles.